The van der Waals surface area contributed by atoms with Gasteiger partial charge < -0.3 is 10.2 Å². The van der Waals surface area contributed by atoms with Crippen molar-refractivity contribution in [3.8, 4) is 5.69 Å². The summed E-state index contributed by atoms with van der Waals surface area (Å²) in [7, 11) is 0. The third-order valence-corrected chi connectivity index (χ3v) is 5.36. The Hall–Kier alpha value is -3.76. The van der Waals surface area contributed by atoms with Crippen LogP contribution in [0.25, 0.3) is 5.69 Å². The highest BCUT2D eigenvalue weighted by atomic mass is 19.4. The lowest BCUT2D eigenvalue weighted by Crippen LogP contribution is -2.46. The third kappa shape index (κ3) is 4.86. The van der Waals surface area contributed by atoms with Crippen LogP contribution in [0, 0.1) is 5.82 Å². The Balaban J connectivity index is 1.46. The van der Waals surface area contributed by atoms with Crippen LogP contribution in [-0.2, 0) is 6.18 Å². The van der Waals surface area contributed by atoms with E-state index in [-0.39, 0.29) is 11.6 Å². The summed E-state index contributed by atoms with van der Waals surface area (Å²) in [5.74, 6) is -1.77. The normalized spacial score (nSPS) is 14.8. The number of carbonyl (C=O) groups is 2. The molecule has 4 rings (SSSR count). The largest absolute Gasteiger partial charge is 0.435 e. The topological polar surface area (TPSA) is 80.1 Å². The summed E-state index contributed by atoms with van der Waals surface area (Å²) in [6, 6.07) is 12.5. The molecule has 7 nitrogen and oxygen atoms in total. The minimum Gasteiger partial charge on any atom is -0.348 e. The summed E-state index contributed by atoms with van der Waals surface area (Å²) in [6.07, 6.45) is -4.15. The van der Waals surface area contributed by atoms with Gasteiger partial charge in [0.15, 0.2) is 11.4 Å². The second kappa shape index (κ2) is 9.00. The number of nitrogens with one attached hydrogen (secondary N) is 1. The predicted molar refractivity (Wildman–Crippen MR) is 109 cm³/mol. The van der Waals surface area contributed by atoms with Crippen molar-refractivity contribution in [1.82, 2.24) is 25.2 Å². The molecule has 1 N–H and O–H groups in total. The van der Waals surface area contributed by atoms with Crippen molar-refractivity contribution < 1.29 is 27.2 Å². The molecule has 2 aromatic carbocycles. The zero-order chi connectivity index (χ0) is 23.6. The van der Waals surface area contributed by atoms with E-state index in [1.165, 1.54) is 0 Å². The molecular weight excluding hydrogens is 442 g/mol. The van der Waals surface area contributed by atoms with Crippen LogP contribution in [0.5, 0.6) is 0 Å². The smallest absolute Gasteiger partial charge is 0.348 e. The molecule has 1 aliphatic rings. The fourth-order valence-corrected chi connectivity index (χ4v) is 3.70. The summed E-state index contributed by atoms with van der Waals surface area (Å²) >= 11 is 0. The highest BCUT2D eigenvalue weighted by Gasteiger charge is 2.42. The number of benzene rings is 2. The summed E-state index contributed by atoms with van der Waals surface area (Å²) in [5, 5.41) is 9.50. The first-order valence-electron chi connectivity index (χ1n) is 10.2. The number of piperidine rings is 1. The number of aromatic nitrogens is 3. The van der Waals surface area contributed by atoms with Crippen LogP contribution in [0.3, 0.4) is 0 Å². The number of likely N-dealkylation sites (tertiary alicyclic amines) is 1. The quantitative estimate of drug-likeness (QED) is 0.604. The molecule has 0 radical (unpaired) electrons. The standard InChI is InChI=1S/C22H19F4N5O2/c23-15-6-8-17(9-7-15)31-19(22(24,25)26)18(28-29-31)20(32)27-16-10-12-30(13-11-16)21(33)14-4-2-1-3-5-14/h1-9,16H,10-13H2,(H,27,32). The number of carbonyl (C=O) groups excluding carboxylic acids is 2. The van der Waals surface area contributed by atoms with Gasteiger partial charge in [-0.15, -0.1) is 5.10 Å². The molecule has 11 heteroatoms. The van der Waals surface area contributed by atoms with Gasteiger partial charge in [-0.25, -0.2) is 9.07 Å². The van der Waals surface area contributed by atoms with E-state index in [9.17, 15) is 27.2 Å². The van der Waals surface area contributed by atoms with Crippen molar-refractivity contribution in [2.45, 2.75) is 25.1 Å². The number of alkyl halides is 3. The molecule has 1 saturated heterocycles. The number of hydrogen-bond donors (Lipinski definition) is 1. The Kier molecular flexibility index (Phi) is 6.12. The first kappa shape index (κ1) is 22.4. The Morgan fingerprint density at radius 1 is 0.970 bits per heavy atom. The summed E-state index contributed by atoms with van der Waals surface area (Å²) < 4.78 is 54.9. The van der Waals surface area contributed by atoms with E-state index in [1.54, 1.807) is 35.2 Å². The number of amides is 2. The maximum atomic E-state index is 13.7. The van der Waals surface area contributed by atoms with Crippen molar-refractivity contribution in [3.63, 3.8) is 0 Å². The Morgan fingerprint density at radius 2 is 1.61 bits per heavy atom. The molecule has 33 heavy (non-hydrogen) atoms. The second-order valence-corrected chi connectivity index (χ2v) is 7.58. The first-order valence-corrected chi connectivity index (χ1v) is 10.2. The molecule has 1 aromatic heterocycles. The van der Waals surface area contributed by atoms with Crippen LogP contribution < -0.4 is 5.32 Å². The van der Waals surface area contributed by atoms with E-state index in [0.29, 0.717) is 36.2 Å². The van der Waals surface area contributed by atoms with Crippen molar-refractivity contribution >= 4 is 11.8 Å². The number of rotatable bonds is 4. The SMILES string of the molecule is O=C(NC1CCN(C(=O)c2ccccc2)CC1)c1nnn(-c2ccc(F)cc2)c1C(F)(F)F. The molecule has 3 aromatic rings. The fraction of sp³-hybridized carbons (Fsp3) is 0.273. The number of halogens is 4. The molecule has 172 valence electrons. The molecule has 0 spiro atoms. The van der Waals surface area contributed by atoms with Crippen LogP contribution >= 0.6 is 0 Å². The van der Waals surface area contributed by atoms with Gasteiger partial charge in [0.2, 0.25) is 0 Å². The highest BCUT2D eigenvalue weighted by molar-refractivity contribution is 5.95. The Morgan fingerprint density at radius 3 is 2.21 bits per heavy atom. The third-order valence-electron chi connectivity index (χ3n) is 5.36. The van der Waals surface area contributed by atoms with Crippen LogP contribution in [0.2, 0.25) is 0 Å². The maximum Gasteiger partial charge on any atom is 0.435 e. The lowest BCUT2D eigenvalue weighted by Gasteiger charge is -2.32. The molecule has 1 fully saturated rings. The Labute approximate surface area is 186 Å². The minimum atomic E-state index is -4.92. The molecule has 0 aliphatic carbocycles. The zero-order valence-corrected chi connectivity index (χ0v) is 17.2. The lowest BCUT2D eigenvalue weighted by atomic mass is 10.0. The van der Waals surface area contributed by atoms with Gasteiger partial charge in [-0.05, 0) is 49.2 Å². The fourth-order valence-electron chi connectivity index (χ4n) is 3.70. The Bertz CT molecular complexity index is 1140. The van der Waals surface area contributed by atoms with Crippen molar-refractivity contribution in [3.05, 3.63) is 77.4 Å². The lowest BCUT2D eigenvalue weighted by molar-refractivity contribution is -0.143. The van der Waals surface area contributed by atoms with Gasteiger partial charge in [0.25, 0.3) is 11.8 Å². The van der Waals surface area contributed by atoms with Crippen LogP contribution in [0.1, 0.15) is 39.4 Å². The summed E-state index contributed by atoms with van der Waals surface area (Å²) in [4.78, 5) is 26.8. The average Bonchev–Trinajstić information content (AvgIpc) is 3.26. The van der Waals surface area contributed by atoms with Gasteiger partial charge >= 0.3 is 6.18 Å². The summed E-state index contributed by atoms with van der Waals surface area (Å²) in [6.45, 7) is 0.708. The molecule has 0 saturated carbocycles. The molecular formula is C22H19F4N5O2. The van der Waals surface area contributed by atoms with E-state index in [0.717, 1.165) is 24.3 Å². The molecule has 0 unspecified atom stereocenters. The second-order valence-electron chi connectivity index (χ2n) is 7.58. The van der Waals surface area contributed by atoms with Crippen LogP contribution in [0.15, 0.2) is 54.6 Å². The van der Waals surface area contributed by atoms with Crippen LogP contribution in [-0.4, -0.2) is 50.8 Å². The molecule has 1 aliphatic heterocycles. The van der Waals surface area contributed by atoms with Crippen molar-refractivity contribution in [1.29, 1.82) is 0 Å². The van der Waals surface area contributed by atoms with Crippen molar-refractivity contribution in [2.75, 3.05) is 13.1 Å². The van der Waals surface area contributed by atoms with Crippen LogP contribution in [0.4, 0.5) is 17.6 Å². The average molecular weight is 461 g/mol. The van der Waals surface area contributed by atoms with E-state index < -0.39 is 35.3 Å². The van der Waals surface area contributed by atoms with Gasteiger partial charge in [0, 0.05) is 24.7 Å². The number of nitrogens with zero attached hydrogens (tertiary/aromatic N) is 4. The highest BCUT2D eigenvalue weighted by Crippen LogP contribution is 2.33. The summed E-state index contributed by atoms with van der Waals surface area (Å²) in [5.41, 5.74) is -1.74. The van der Waals surface area contributed by atoms with E-state index in [4.69, 9.17) is 0 Å². The first-order chi connectivity index (χ1) is 15.7. The van der Waals surface area contributed by atoms with Gasteiger partial charge in [-0.2, -0.15) is 13.2 Å². The van der Waals surface area contributed by atoms with E-state index >= 15 is 0 Å². The van der Waals surface area contributed by atoms with Crippen molar-refractivity contribution in [2.24, 2.45) is 0 Å². The molecule has 0 atom stereocenters. The van der Waals surface area contributed by atoms with Gasteiger partial charge in [0.1, 0.15) is 5.82 Å². The van der Waals surface area contributed by atoms with Gasteiger partial charge in [-0.1, -0.05) is 23.4 Å². The molecule has 2 amide bonds. The predicted octanol–water partition coefficient (Wildman–Crippen LogP) is 3.46. The molecule has 2 heterocycles. The molecule has 0 bridgehead atoms. The van der Waals surface area contributed by atoms with E-state index in [1.807, 2.05) is 0 Å². The maximum absolute atomic E-state index is 13.7. The zero-order valence-electron chi connectivity index (χ0n) is 17.2. The van der Waals surface area contributed by atoms with E-state index in [2.05, 4.69) is 15.6 Å². The minimum absolute atomic E-state index is 0.0805. The van der Waals surface area contributed by atoms with Gasteiger partial charge in [-0.3, -0.25) is 9.59 Å². The number of hydrogen-bond acceptors (Lipinski definition) is 4. The monoisotopic (exact) mass is 461 g/mol. The van der Waals surface area contributed by atoms with Gasteiger partial charge in [0.05, 0.1) is 5.69 Å².